The first-order valence-electron chi connectivity index (χ1n) is 7.64. The summed E-state index contributed by atoms with van der Waals surface area (Å²) in [4.78, 5) is 12.2. The highest BCUT2D eigenvalue weighted by molar-refractivity contribution is 5.94. The largest absolute Gasteiger partial charge is 0.497 e. The van der Waals surface area contributed by atoms with Crippen molar-refractivity contribution < 1.29 is 14.3 Å². The smallest absolute Gasteiger partial charge is 0.226 e. The van der Waals surface area contributed by atoms with Gasteiger partial charge in [0.1, 0.15) is 17.3 Å². The van der Waals surface area contributed by atoms with Crippen LogP contribution in [-0.2, 0) is 4.79 Å². The topological polar surface area (TPSA) is 65.4 Å². The molecule has 0 spiro atoms. The lowest BCUT2D eigenvalue weighted by Crippen LogP contribution is -2.25. The second-order valence-corrected chi connectivity index (χ2v) is 5.90. The van der Waals surface area contributed by atoms with Gasteiger partial charge in [-0.1, -0.05) is 6.07 Å². The minimum Gasteiger partial charge on any atom is -0.497 e. The average Bonchev–Trinajstić information content (AvgIpc) is 2.97. The molecule has 0 unspecified atom stereocenters. The Kier molecular flexibility index (Phi) is 3.98. The van der Waals surface area contributed by atoms with Gasteiger partial charge >= 0.3 is 0 Å². The number of anilines is 1. The third kappa shape index (κ3) is 2.65. The van der Waals surface area contributed by atoms with Crippen LogP contribution in [0.1, 0.15) is 43.4 Å². The number of amides is 1. The summed E-state index contributed by atoms with van der Waals surface area (Å²) in [7, 11) is 3.24. The molecule has 2 heterocycles. The van der Waals surface area contributed by atoms with Gasteiger partial charge in [0.15, 0.2) is 0 Å². The fourth-order valence-corrected chi connectivity index (χ4v) is 3.01. The Morgan fingerprint density at radius 2 is 2.04 bits per heavy atom. The van der Waals surface area contributed by atoms with E-state index in [2.05, 4.69) is 10.4 Å². The van der Waals surface area contributed by atoms with Crippen molar-refractivity contribution in [3.63, 3.8) is 0 Å². The molecule has 2 aromatic rings. The maximum atomic E-state index is 12.2. The van der Waals surface area contributed by atoms with Crippen molar-refractivity contribution in [2.45, 2.75) is 32.2 Å². The first-order valence-corrected chi connectivity index (χ1v) is 7.64. The molecule has 0 aliphatic carbocycles. The van der Waals surface area contributed by atoms with Crippen LogP contribution in [0.15, 0.2) is 24.4 Å². The lowest BCUT2D eigenvalue weighted by molar-refractivity contribution is -0.116. The molecule has 3 rings (SSSR count). The fraction of sp³-hybridized carbons (Fsp3) is 0.412. The molecule has 0 saturated carbocycles. The number of aromatic nitrogens is 2. The predicted molar refractivity (Wildman–Crippen MR) is 87.2 cm³/mol. The van der Waals surface area contributed by atoms with E-state index < -0.39 is 0 Å². The number of ether oxygens (including phenoxy) is 2. The van der Waals surface area contributed by atoms with Crippen molar-refractivity contribution in [3.05, 3.63) is 35.5 Å². The van der Waals surface area contributed by atoms with Crippen molar-refractivity contribution in [1.29, 1.82) is 0 Å². The fourth-order valence-electron chi connectivity index (χ4n) is 3.01. The molecule has 1 aliphatic rings. The molecule has 1 aliphatic heterocycles. The van der Waals surface area contributed by atoms with E-state index in [0.717, 1.165) is 22.7 Å². The SMILES string of the molecule is COc1ccc([C@@H]2CC(=O)Nc3c2cnn3C(C)C)c(OC)c1. The number of hydrogen-bond donors (Lipinski definition) is 1. The molecule has 1 aromatic carbocycles. The van der Waals surface area contributed by atoms with Gasteiger partial charge in [-0.15, -0.1) is 0 Å². The van der Waals surface area contributed by atoms with Crippen molar-refractivity contribution in [3.8, 4) is 11.5 Å². The number of benzene rings is 1. The molecule has 23 heavy (non-hydrogen) atoms. The molecule has 6 nitrogen and oxygen atoms in total. The maximum Gasteiger partial charge on any atom is 0.226 e. The summed E-state index contributed by atoms with van der Waals surface area (Å²) in [6.45, 7) is 4.08. The zero-order valence-electron chi connectivity index (χ0n) is 13.8. The number of rotatable bonds is 4. The Morgan fingerprint density at radius 1 is 1.26 bits per heavy atom. The number of carbonyl (C=O) groups is 1. The molecule has 122 valence electrons. The summed E-state index contributed by atoms with van der Waals surface area (Å²) in [5, 5.41) is 7.38. The molecule has 1 N–H and O–H groups in total. The normalized spacial score (nSPS) is 16.9. The molecule has 0 saturated heterocycles. The van der Waals surface area contributed by atoms with Gasteiger partial charge in [0.2, 0.25) is 5.91 Å². The molecular formula is C17H21N3O3. The minimum absolute atomic E-state index is 0.0113. The van der Waals surface area contributed by atoms with Gasteiger partial charge in [-0.2, -0.15) is 5.10 Å². The van der Waals surface area contributed by atoms with E-state index >= 15 is 0 Å². The highest BCUT2D eigenvalue weighted by atomic mass is 16.5. The summed E-state index contributed by atoms with van der Waals surface area (Å²) in [6.07, 6.45) is 2.21. The van der Waals surface area contributed by atoms with Crippen LogP contribution in [0, 0.1) is 0 Å². The number of nitrogens with one attached hydrogen (secondary N) is 1. The first kappa shape index (κ1) is 15.4. The molecule has 1 atom stereocenters. The maximum absolute atomic E-state index is 12.2. The van der Waals surface area contributed by atoms with E-state index in [-0.39, 0.29) is 17.9 Å². The Labute approximate surface area is 135 Å². The summed E-state index contributed by atoms with van der Waals surface area (Å²) in [5.74, 6) is 2.13. The zero-order valence-corrected chi connectivity index (χ0v) is 13.8. The van der Waals surface area contributed by atoms with Crippen LogP contribution in [0.5, 0.6) is 11.5 Å². The van der Waals surface area contributed by atoms with E-state index in [1.54, 1.807) is 14.2 Å². The Morgan fingerprint density at radius 3 is 2.70 bits per heavy atom. The second-order valence-electron chi connectivity index (χ2n) is 5.90. The average molecular weight is 315 g/mol. The monoisotopic (exact) mass is 315 g/mol. The number of hydrogen-bond acceptors (Lipinski definition) is 4. The summed E-state index contributed by atoms with van der Waals surface area (Å²) < 4.78 is 12.6. The molecule has 6 heteroatoms. The molecule has 1 amide bonds. The van der Waals surface area contributed by atoms with Crippen molar-refractivity contribution >= 4 is 11.7 Å². The zero-order chi connectivity index (χ0) is 16.6. The van der Waals surface area contributed by atoms with Crippen LogP contribution in [0.4, 0.5) is 5.82 Å². The molecule has 0 radical (unpaired) electrons. The molecule has 0 fully saturated rings. The van der Waals surface area contributed by atoms with E-state index in [4.69, 9.17) is 9.47 Å². The number of fused-ring (bicyclic) bond motifs is 1. The molecule has 1 aromatic heterocycles. The standard InChI is InChI=1S/C17H21N3O3/c1-10(2)20-17-14(9-18-20)13(8-16(21)19-17)12-6-5-11(22-3)7-15(12)23-4/h5-7,9-10,13H,8H2,1-4H3,(H,19,21)/t13-/m0/s1. The van der Waals surface area contributed by atoms with E-state index in [1.165, 1.54) is 0 Å². The Balaban J connectivity index is 2.10. The van der Waals surface area contributed by atoms with Crippen LogP contribution in [0.2, 0.25) is 0 Å². The first-order chi connectivity index (χ1) is 11.0. The van der Waals surface area contributed by atoms with Gasteiger partial charge in [-0.05, 0) is 19.9 Å². The van der Waals surface area contributed by atoms with E-state index in [0.29, 0.717) is 12.2 Å². The van der Waals surface area contributed by atoms with Crippen molar-refractivity contribution in [2.75, 3.05) is 19.5 Å². The van der Waals surface area contributed by atoms with Gasteiger partial charge in [0.25, 0.3) is 0 Å². The summed E-state index contributed by atoms with van der Waals surface area (Å²) in [5.41, 5.74) is 1.98. The summed E-state index contributed by atoms with van der Waals surface area (Å²) in [6, 6.07) is 5.86. The van der Waals surface area contributed by atoms with Crippen LogP contribution >= 0.6 is 0 Å². The highest BCUT2D eigenvalue weighted by Gasteiger charge is 2.32. The third-order valence-corrected chi connectivity index (χ3v) is 4.15. The van der Waals surface area contributed by atoms with E-state index in [1.807, 2.05) is 42.9 Å². The lowest BCUT2D eigenvalue weighted by atomic mass is 9.86. The van der Waals surface area contributed by atoms with Crippen LogP contribution in [-0.4, -0.2) is 29.9 Å². The van der Waals surface area contributed by atoms with Crippen molar-refractivity contribution in [2.24, 2.45) is 0 Å². The van der Waals surface area contributed by atoms with E-state index in [9.17, 15) is 4.79 Å². The van der Waals surface area contributed by atoms with Gasteiger partial charge in [-0.3, -0.25) is 4.79 Å². The summed E-state index contributed by atoms with van der Waals surface area (Å²) >= 11 is 0. The quantitative estimate of drug-likeness (QED) is 0.942. The van der Waals surface area contributed by atoms with Gasteiger partial charge < -0.3 is 14.8 Å². The molecular weight excluding hydrogens is 294 g/mol. The second kappa shape index (κ2) is 5.95. The van der Waals surface area contributed by atoms with Gasteiger partial charge in [-0.25, -0.2) is 4.68 Å². The minimum atomic E-state index is -0.0768. The van der Waals surface area contributed by atoms with Crippen molar-refractivity contribution in [1.82, 2.24) is 9.78 Å². The van der Waals surface area contributed by atoms with Gasteiger partial charge in [0.05, 0.1) is 20.4 Å². The predicted octanol–water partition coefficient (Wildman–Crippen LogP) is 2.96. The van der Waals surface area contributed by atoms with Gasteiger partial charge in [0, 0.05) is 35.6 Å². The number of carbonyl (C=O) groups excluding carboxylic acids is 1. The third-order valence-electron chi connectivity index (χ3n) is 4.15. The van der Waals surface area contributed by atoms with Crippen LogP contribution in [0.25, 0.3) is 0 Å². The van der Waals surface area contributed by atoms with Crippen LogP contribution in [0.3, 0.4) is 0 Å². The molecule has 0 bridgehead atoms. The van der Waals surface area contributed by atoms with Crippen LogP contribution < -0.4 is 14.8 Å². The Hall–Kier alpha value is -2.50. The lowest BCUT2D eigenvalue weighted by Gasteiger charge is -2.26. The number of nitrogens with zero attached hydrogens (tertiary/aromatic N) is 2. The number of methoxy groups -OCH3 is 2. The highest BCUT2D eigenvalue weighted by Crippen LogP contribution is 2.42. The Bertz CT molecular complexity index is 737.